The molecule has 0 saturated carbocycles. The molecule has 1 unspecified atom stereocenters. The van der Waals surface area contributed by atoms with Crippen LogP contribution < -0.4 is 0 Å². The summed E-state index contributed by atoms with van der Waals surface area (Å²) in [6, 6.07) is 0. The van der Waals surface area contributed by atoms with Crippen LogP contribution in [0.1, 0.15) is 81.1 Å². The molecule has 0 rings (SSSR count). The maximum Gasteiger partial charge on any atom is 0.418 e. The van der Waals surface area contributed by atoms with Gasteiger partial charge in [-0.1, -0.05) is 33.1 Å². The summed E-state index contributed by atoms with van der Waals surface area (Å²) < 4.78 is 9.66. The Balaban J connectivity index is 0. The number of carbonyl (C=O) groups excluding carboxylic acids is 2. The first-order chi connectivity index (χ1) is 10.7. The zero-order valence-electron chi connectivity index (χ0n) is 16.4. The Hall–Kier alpha value is -1.59. The van der Waals surface area contributed by atoms with Gasteiger partial charge in [0, 0.05) is 0 Å². The molecule has 0 amide bonds. The lowest BCUT2D eigenvalue weighted by molar-refractivity contribution is -0.180. The number of carboxylic acid groups (broad SMARTS) is 1. The molecule has 0 aromatic carbocycles. The molecule has 0 aliphatic heterocycles. The van der Waals surface area contributed by atoms with Crippen LogP contribution in [-0.4, -0.2) is 34.2 Å². The molecule has 1 atom stereocenters. The number of esters is 2. The summed E-state index contributed by atoms with van der Waals surface area (Å²) in [5.41, 5.74) is -1.35. The highest BCUT2D eigenvalue weighted by Gasteiger charge is 2.27. The van der Waals surface area contributed by atoms with E-state index < -0.39 is 29.1 Å². The molecule has 0 bridgehead atoms. The number of unbranched alkanes of at least 4 members (excludes halogenated alkanes) is 2. The van der Waals surface area contributed by atoms with Crippen molar-refractivity contribution in [1.82, 2.24) is 0 Å². The van der Waals surface area contributed by atoms with Crippen LogP contribution in [0.15, 0.2) is 0 Å². The summed E-state index contributed by atoms with van der Waals surface area (Å²) >= 11 is 0. The van der Waals surface area contributed by atoms with Crippen LogP contribution in [0.5, 0.6) is 0 Å². The second-order valence-corrected chi connectivity index (χ2v) is 7.74. The Morgan fingerprint density at radius 2 is 1.25 bits per heavy atom. The van der Waals surface area contributed by atoms with E-state index in [0.717, 1.165) is 25.7 Å². The van der Waals surface area contributed by atoms with Crippen LogP contribution >= 0.6 is 0 Å². The molecule has 0 aromatic heterocycles. The highest BCUT2D eigenvalue weighted by molar-refractivity contribution is 6.29. The Labute approximate surface area is 145 Å². The van der Waals surface area contributed by atoms with Crippen LogP contribution in [0.4, 0.5) is 0 Å². The van der Waals surface area contributed by atoms with E-state index in [4.69, 9.17) is 14.6 Å². The van der Waals surface area contributed by atoms with Gasteiger partial charge in [0.2, 0.25) is 0 Å². The molecule has 0 aliphatic carbocycles. The van der Waals surface area contributed by atoms with Crippen LogP contribution in [0.25, 0.3) is 0 Å². The maximum absolute atomic E-state index is 11.1. The first-order valence-electron chi connectivity index (χ1n) is 8.38. The molecule has 0 aliphatic rings. The van der Waals surface area contributed by atoms with Gasteiger partial charge in [-0.25, -0.2) is 9.59 Å². The zero-order valence-corrected chi connectivity index (χ0v) is 16.4. The van der Waals surface area contributed by atoms with Crippen molar-refractivity contribution in [2.24, 2.45) is 5.92 Å². The lowest BCUT2D eigenvalue weighted by Crippen LogP contribution is -2.34. The minimum atomic E-state index is -0.951. The number of hydrogen-bond acceptors (Lipinski definition) is 5. The van der Waals surface area contributed by atoms with Crippen molar-refractivity contribution in [2.75, 3.05) is 0 Å². The fraction of sp³-hybridized carbons (Fsp3) is 0.833. The molecule has 0 aromatic rings. The van der Waals surface area contributed by atoms with Gasteiger partial charge in [-0.3, -0.25) is 4.79 Å². The van der Waals surface area contributed by atoms with Crippen molar-refractivity contribution in [3.8, 4) is 0 Å². The maximum atomic E-state index is 11.1. The van der Waals surface area contributed by atoms with E-state index >= 15 is 0 Å². The monoisotopic (exact) mass is 346 g/mol. The van der Waals surface area contributed by atoms with Crippen molar-refractivity contribution < 1.29 is 29.0 Å². The van der Waals surface area contributed by atoms with E-state index in [9.17, 15) is 14.4 Å². The third kappa shape index (κ3) is 16.8. The van der Waals surface area contributed by atoms with Crippen LogP contribution in [0.3, 0.4) is 0 Å². The van der Waals surface area contributed by atoms with Crippen molar-refractivity contribution in [1.29, 1.82) is 0 Å². The molecule has 1 N–H and O–H groups in total. The number of aliphatic carboxylic acids is 1. The van der Waals surface area contributed by atoms with Gasteiger partial charge in [-0.15, -0.1) is 0 Å². The highest BCUT2D eigenvalue weighted by Crippen LogP contribution is 2.11. The van der Waals surface area contributed by atoms with Crippen LogP contribution in [0, 0.1) is 5.92 Å². The molecule has 0 spiro atoms. The second kappa shape index (κ2) is 11.0. The smallest absolute Gasteiger partial charge is 0.418 e. The fourth-order valence-corrected chi connectivity index (χ4v) is 1.46. The SMILES string of the molecule is CC(C)(C)OC(=O)C(=O)OC(C)(C)C.CCCCCC(C)C(=O)O. The van der Waals surface area contributed by atoms with E-state index in [-0.39, 0.29) is 5.92 Å². The molecule has 0 fully saturated rings. The zero-order chi connectivity index (χ0) is 19.6. The van der Waals surface area contributed by atoms with Gasteiger partial charge in [0.1, 0.15) is 11.2 Å². The molecule has 142 valence electrons. The van der Waals surface area contributed by atoms with Crippen molar-refractivity contribution in [2.45, 2.75) is 92.3 Å². The van der Waals surface area contributed by atoms with E-state index in [1.165, 1.54) is 0 Å². The molecule has 24 heavy (non-hydrogen) atoms. The minimum Gasteiger partial charge on any atom is -0.481 e. The summed E-state index contributed by atoms with van der Waals surface area (Å²) in [6.07, 6.45) is 4.18. The number of ether oxygens (including phenoxy) is 2. The summed E-state index contributed by atoms with van der Waals surface area (Å²) in [5.74, 6) is -2.73. The number of rotatable bonds is 5. The summed E-state index contributed by atoms with van der Waals surface area (Å²) in [5, 5.41) is 8.48. The third-order valence-electron chi connectivity index (χ3n) is 2.63. The van der Waals surface area contributed by atoms with Gasteiger partial charge in [-0.05, 0) is 48.0 Å². The molecular formula is C18H34O6. The average Bonchev–Trinajstić information content (AvgIpc) is 2.35. The number of hydrogen-bond donors (Lipinski definition) is 1. The van der Waals surface area contributed by atoms with Crippen LogP contribution in [-0.2, 0) is 23.9 Å². The van der Waals surface area contributed by atoms with E-state index in [1.54, 1.807) is 48.5 Å². The molecule has 0 heterocycles. The quantitative estimate of drug-likeness (QED) is 0.460. The van der Waals surface area contributed by atoms with Crippen molar-refractivity contribution in [3.05, 3.63) is 0 Å². The first-order valence-corrected chi connectivity index (χ1v) is 8.38. The second-order valence-electron chi connectivity index (χ2n) is 7.74. The average molecular weight is 346 g/mol. The summed E-state index contributed by atoms with van der Waals surface area (Å²) in [7, 11) is 0. The first kappa shape index (κ1) is 24.7. The summed E-state index contributed by atoms with van der Waals surface area (Å²) in [4.78, 5) is 32.6. The largest absolute Gasteiger partial charge is 0.481 e. The Morgan fingerprint density at radius 1 is 0.875 bits per heavy atom. The van der Waals surface area contributed by atoms with Gasteiger partial charge >= 0.3 is 17.9 Å². The van der Waals surface area contributed by atoms with Gasteiger partial charge < -0.3 is 14.6 Å². The van der Waals surface area contributed by atoms with E-state index in [2.05, 4.69) is 6.92 Å². The van der Waals surface area contributed by atoms with Crippen molar-refractivity contribution >= 4 is 17.9 Å². The fourth-order valence-electron chi connectivity index (χ4n) is 1.46. The predicted octanol–water partition coefficient (Wildman–Crippen LogP) is 3.96. The molecule has 0 saturated heterocycles. The molecular weight excluding hydrogens is 312 g/mol. The predicted molar refractivity (Wildman–Crippen MR) is 92.6 cm³/mol. The Kier molecular flexibility index (Phi) is 11.4. The standard InChI is InChI=1S/C10H18O4.C8H16O2/c1-9(2,3)13-7(11)8(12)14-10(4,5)6;1-3-4-5-6-7(2)8(9)10/h1-6H3;7H,3-6H2,1-2H3,(H,9,10). The minimum absolute atomic E-state index is 0.161. The molecule has 0 radical (unpaired) electrons. The molecule has 6 heteroatoms. The topological polar surface area (TPSA) is 89.9 Å². The van der Waals surface area contributed by atoms with E-state index in [0.29, 0.717) is 0 Å². The highest BCUT2D eigenvalue weighted by atomic mass is 16.6. The number of carbonyl (C=O) groups is 3. The van der Waals surface area contributed by atoms with Crippen LogP contribution in [0.2, 0.25) is 0 Å². The van der Waals surface area contributed by atoms with Crippen molar-refractivity contribution in [3.63, 3.8) is 0 Å². The van der Waals surface area contributed by atoms with Gasteiger partial charge in [0.15, 0.2) is 0 Å². The lowest BCUT2D eigenvalue weighted by Gasteiger charge is -2.22. The van der Waals surface area contributed by atoms with E-state index in [1.807, 2.05) is 0 Å². The van der Waals surface area contributed by atoms with Gasteiger partial charge in [0.25, 0.3) is 0 Å². The molecule has 6 nitrogen and oxygen atoms in total. The van der Waals surface area contributed by atoms with Gasteiger partial charge in [-0.2, -0.15) is 0 Å². The van der Waals surface area contributed by atoms with Gasteiger partial charge in [0.05, 0.1) is 5.92 Å². The third-order valence-corrected chi connectivity index (χ3v) is 2.63. The number of carboxylic acids is 1. The normalized spacial score (nSPS) is 12.5. The summed E-state index contributed by atoms with van der Waals surface area (Å²) in [6.45, 7) is 14.0. The lowest BCUT2D eigenvalue weighted by atomic mass is 10.0. The Morgan fingerprint density at radius 3 is 1.50 bits per heavy atom. The Bertz CT molecular complexity index is 375.